The molecule has 4 heteroatoms. The van der Waals surface area contributed by atoms with E-state index in [4.69, 9.17) is 0 Å². The van der Waals surface area contributed by atoms with Crippen LogP contribution in [0.2, 0.25) is 0 Å². The Labute approximate surface area is 127 Å². The lowest BCUT2D eigenvalue weighted by Gasteiger charge is -2.04. The quantitative estimate of drug-likeness (QED) is 0.586. The number of hydrogen-bond acceptors (Lipinski definition) is 3. The van der Waals surface area contributed by atoms with E-state index in [1.807, 2.05) is 48.7 Å². The number of aromatic nitrogens is 3. The fourth-order valence-electron chi connectivity index (χ4n) is 2.53. The van der Waals surface area contributed by atoms with Crippen molar-refractivity contribution in [3.63, 3.8) is 0 Å². The molecule has 0 amide bonds. The van der Waals surface area contributed by atoms with Crippen LogP contribution < -0.4 is 0 Å². The molecule has 2 aromatic carbocycles. The van der Waals surface area contributed by atoms with Crippen molar-refractivity contribution in [1.82, 2.24) is 15.2 Å². The summed E-state index contributed by atoms with van der Waals surface area (Å²) in [5, 5.41) is 19.5. The molecule has 2 heterocycles. The smallest absolute Gasteiger partial charge is 0.125 e. The molecule has 2 N–H and O–H groups in total. The number of phenolic OH excluding ortho intramolecular Hbond substituents is 1. The zero-order valence-electron chi connectivity index (χ0n) is 11.7. The van der Waals surface area contributed by atoms with Crippen LogP contribution in [0.1, 0.15) is 0 Å². The Morgan fingerprint density at radius 3 is 2.45 bits per heavy atom. The van der Waals surface area contributed by atoms with Crippen molar-refractivity contribution in [2.75, 3.05) is 0 Å². The van der Waals surface area contributed by atoms with E-state index in [0.29, 0.717) is 11.3 Å². The van der Waals surface area contributed by atoms with Gasteiger partial charge in [0.2, 0.25) is 0 Å². The first kappa shape index (κ1) is 12.6. The van der Waals surface area contributed by atoms with Gasteiger partial charge in [0.25, 0.3) is 0 Å². The minimum absolute atomic E-state index is 0.207. The topological polar surface area (TPSA) is 61.8 Å². The van der Waals surface area contributed by atoms with Gasteiger partial charge in [0.15, 0.2) is 0 Å². The fraction of sp³-hybridized carbons (Fsp3) is 0. The van der Waals surface area contributed by atoms with Crippen LogP contribution in [-0.2, 0) is 0 Å². The number of fused-ring (bicyclic) bond motifs is 1. The Balaban J connectivity index is 1.73. The average Bonchev–Trinajstić information content (AvgIpc) is 3.03. The molecule has 0 spiro atoms. The molecule has 0 aliphatic carbocycles. The van der Waals surface area contributed by atoms with Gasteiger partial charge in [0, 0.05) is 28.2 Å². The summed E-state index contributed by atoms with van der Waals surface area (Å²) in [5.41, 5.74) is 4.26. The lowest BCUT2D eigenvalue weighted by Crippen LogP contribution is -1.91. The van der Waals surface area contributed by atoms with Gasteiger partial charge in [-0.3, -0.25) is 0 Å². The molecule has 22 heavy (non-hydrogen) atoms. The standard InChI is InChI=1S/C18H13N3O/c22-18-4-2-1-3-14(18)17-8-7-16(20-21-17)12-5-6-15-13(11-12)9-10-19-15/h1-11,19,22H. The van der Waals surface area contributed by atoms with Gasteiger partial charge in [-0.2, -0.15) is 0 Å². The minimum atomic E-state index is 0.207. The normalized spacial score (nSPS) is 10.9. The van der Waals surface area contributed by atoms with Crippen molar-refractivity contribution in [2.45, 2.75) is 0 Å². The highest BCUT2D eigenvalue weighted by Crippen LogP contribution is 2.28. The Bertz CT molecular complexity index is 942. The number of aromatic hydroxyl groups is 1. The predicted molar refractivity (Wildman–Crippen MR) is 86.4 cm³/mol. The summed E-state index contributed by atoms with van der Waals surface area (Å²) in [6, 6.07) is 19.1. The van der Waals surface area contributed by atoms with E-state index in [0.717, 1.165) is 22.2 Å². The highest BCUT2D eigenvalue weighted by atomic mass is 16.3. The summed E-state index contributed by atoms with van der Waals surface area (Å²) in [6.45, 7) is 0. The second-order valence-corrected chi connectivity index (χ2v) is 5.10. The third-order valence-electron chi connectivity index (χ3n) is 3.69. The van der Waals surface area contributed by atoms with Crippen molar-refractivity contribution in [3.05, 3.63) is 66.9 Å². The largest absolute Gasteiger partial charge is 0.507 e. The lowest BCUT2D eigenvalue weighted by molar-refractivity contribution is 0.477. The molecule has 4 rings (SSSR count). The molecule has 0 saturated heterocycles. The summed E-state index contributed by atoms with van der Waals surface area (Å²) >= 11 is 0. The number of nitrogens with zero attached hydrogens (tertiary/aromatic N) is 2. The maximum Gasteiger partial charge on any atom is 0.125 e. The second-order valence-electron chi connectivity index (χ2n) is 5.10. The van der Waals surface area contributed by atoms with Crippen LogP contribution in [0.4, 0.5) is 0 Å². The number of nitrogens with one attached hydrogen (secondary N) is 1. The zero-order valence-corrected chi connectivity index (χ0v) is 11.7. The zero-order chi connectivity index (χ0) is 14.9. The van der Waals surface area contributed by atoms with E-state index in [9.17, 15) is 5.11 Å². The SMILES string of the molecule is Oc1ccccc1-c1ccc(-c2ccc3[nH]ccc3c2)nn1. The van der Waals surface area contributed by atoms with E-state index in [1.54, 1.807) is 12.1 Å². The summed E-state index contributed by atoms with van der Waals surface area (Å²) < 4.78 is 0. The minimum Gasteiger partial charge on any atom is -0.507 e. The molecule has 0 aliphatic heterocycles. The highest BCUT2D eigenvalue weighted by Gasteiger charge is 2.07. The van der Waals surface area contributed by atoms with Crippen molar-refractivity contribution in [3.8, 4) is 28.3 Å². The van der Waals surface area contributed by atoms with Gasteiger partial charge in [0.05, 0.1) is 11.4 Å². The second kappa shape index (κ2) is 5.00. The fourth-order valence-corrected chi connectivity index (χ4v) is 2.53. The highest BCUT2D eigenvalue weighted by molar-refractivity contribution is 5.84. The Morgan fingerprint density at radius 2 is 1.64 bits per heavy atom. The summed E-state index contributed by atoms with van der Waals surface area (Å²) in [6.07, 6.45) is 1.92. The van der Waals surface area contributed by atoms with Crippen molar-refractivity contribution >= 4 is 10.9 Å². The summed E-state index contributed by atoms with van der Waals surface area (Å²) in [5.74, 6) is 0.207. The molecule has 4 aromatic rings. The number of hydrogen-bond donors (Lipinski definition) is 2. The molecule has 2 aromatic heterocycles. The number of benzene rings is 2. The van der Waals surface area contributed by atoms with E-state index >= 15 is 0 Å². The van der Waals surface area contributed by atoms with E-state index in [-0.39, 0.29) is 5.75 Å². The Morgan fingerprint density at radius 1 is 0.818 bits per heavy atom. The molecule has 106 valence electrons. The number of H-pyrrole nitrogens is 1. The monoisotopic (exact) mass is 287 g/mol. The Kier molecular flexibility index (Phi) is 2.86. The van der Waals surface area contributed by atoms with Gasteiger partial charge >= 0.3 is 0 Å². The third-order valence-corrected chi connectivity index (χ3v) is 3.69. The molecular formula is C18H13N3O. The Hall–Kier alpha value is -3.14. The van der Waals surface area contributed by atoms with Crippen LogP contribution in [-0.4, -0.2) is 20.3 Å². The van der Waals surface area contributed by atoms with Crippen molar-refractivity contribution < 1.29 is 5.11 Å². The van der Waals surface area contributed by atoms with E-state index in [2.05, 4.69) is 21.2 Å². The first-order chi connectivity index (χ1) is 10.8. The van der Waals surface area contributed by atoms with Crippen LogP contribution >= 0.6 is 0 Å². The van der Waals surface area contributed by atoms with Gasteiger partial charge in [-0.15, -0.1) is 10.2 Å². The molecule has 0 unspecified atom stereocenters. The van der Waals surface area contributed by atoms with Gasteiger partial charge in [-0.1, -0.05) is 18.2 Å². The molecule has 0 fully saturated rings. The first-order valence-electron chi connectivity index (χ1n) is 7.01. The molecule has 0 atom stereocenters. The van der Waals surface area contributed by atoms with Gasteiger partial charge in [-0.25, -0.2) is 0 Å². The van der Waals surface area contributed by atoms with Crippen LogP contribution in [0.25, 0.3) is 33.4 Å². The third kappa shape index (κ3) is 2.11. The van der Waals surface area contributed by atoms with Crippen LogP contribution in [0, 0.1) is 0 Å². The van der Waals surface area contributed by atoms with Gasteiger partial charge < -0.3 is 10.1 Å². The van der Waals surface area contributed by atoms with Crippen molar-refractivity contribution in [2.24, 2.45) is 0 Å². The molecule has 0 radical (unpaired) electrons. The van der Waals surface area contributed by atoms with E-state index < -0.39 is 0 Å². The van der Waals surface area contributed by atoms with Crippen molar-refractivity contribution in [1.29, 1.82) is 0 Å². The molecule has 0 saturated carbocycles. The number of aromatic amines is 1. The number of rotatable bonds is 2. The number of para-hydroxylation sites is 1. The van der Waals surface area contributed by atoms with Crippen LogP contribution in [0.3, 0.4) is 0 Å². The molecular weight excluding hydrogens is 274 g/mol. The van der Waals surface area contributed by atoms with Crippen LogP contribution in [0.15, 0.2) is 66.9 Å². The average molecular weight is 287 g/mol. The predicted octanol–water partition coefficient (Wildman–Crippen LogP) is 4.00. The van der Waals surface area contributed by atoms with Gasteiger partial charge in [0.1, 0.15) is 5.75 Å². The number of phenols is 1. The van der Waals surface area contributed by atoms with Gasteiger partial charge in [-0.05, 0) is 42.5 Å². The summed E-state index contributed by atoms with van der Waals surface area (Å²) in [7, 11) is 0. The molecule has 0 bridgehead atoms. The lowest BCUT2D eigenvalue weighted by atomic mass is 10.1. The first-order valence-corrected chi connectivity index (χ1v) is 7.01. The molecule has 4 nitrogen and oxygen atoms in total. The van der Waals surface area contributed by atoms with E-state index in [1.165, 1.54) is 0 Å². The summed E-state index contributed by atoms with van der Waals surface area (Å²) in [4.78, 5) is 3.17. The maximum absolute atomic E-state index is 9.87. The van der Waals surface area contributed by atoms with Crippen LogP contribution in [0.5, 0.6) is 5.75 Å². The maximum atomic E-state index is 9.87. The molecule has 0 aliphatic rings.